The third-order valence-electron chi connectivity index (χ3n) is 12.9. The maximum atomic E-state index is 14.6. The molecule has 10 rings (SSSR count). The fraction of sp³-hybridized carbons (Fsp3) is 0.286. The second-order valence-electron chi connectivity index (χ2n) is 15.8. The van der Waals surface area contributed by atoms with Crippen LogP contribution in [-0.2, 0) is 0 Å². The fourth-order valence-electron chi connectivity index (χ4n) is 10.2. The number of fused-ring (bicyclic) bond motifs is 2. The molecule has 0 N–H and O–H groups in total. The first-order chi connectivity index (χ1) is 29.5. The molecule has 2 saturated carbocycles. The minimum absolute atomic E-state index is 0.0261. The predicted molar refractivity (Wildman–Crippen MR) is 231 cm³/mol. The SMILES string of the molecule is O=C1c2c(Cl)c(Cl)c(Cl)c(Cl)c2C(=O)N1[C@@H]1CCCC[C@H]1N1C(=O)c2ccc3c4c(ccc(c24)C1=O)C(=O)N([C@@H]1CCCC[C@H]1N1C(=O)c2c(Cl)c(Cl)c(Cl)c(Cl)c2C1=O)C3=O. The van der Waals surface area contributed by atoms with Gasteiger partial charge in [0.05, 0.1) is 86.6 Å². The molecule has 62 heavy (non-hydrogen) atoms. The molecule has 4 aliphatic heterocycles. The van der Waals surface area contributed by atoms with Crippen LogP contribution in [0.4, 0.5) is 0 Å². The van der Waals surface area contributed by atoms with Crippen LogP contribution in [0, 0.1) is 0 Å². The van der Waals surface area contributed by atoms with Crippen molar-refractivity contribution in [1.29, 1.82) is 0 Å². The van der Waals surface area contributed by atoms with Crippen LogP contribution in [0.5, 0.6) is 0 Å². The number of rotatable bonds is 4. The molecule has 2 fully saturated rings. The molecule has 0 saturated heterocycles. The number of carbonyl (C=O) groups excluding carboxylic acids is 8. The van der Waals surface area contributed by atoms with Crippen LogP contribution in [-0.4, -0.2) is 91.0 Å². The molecule has 20 heteroatoms. The molecule has 4 atom stereocenters. The summed E-state index contributed by atoms with van der Waals surface area (Å²) < 4.78 is 0. The number of halogens is 8. The zero-order valence-corrected chi connectivity index (χ0v) is 37.4. The number of imide groups is 4. The van der Waals surface area contributed by atoms with Gasteiger partial charge < -0.3 is 0 Å². The molecule has 8 amide bonds. The van der Waals surface area contributed by atoms with Crippen LogP contribution >= 0.6 is 92.8 Å². The maximum absolute atomic E-state index is 14.6. The molecular weight excluding hydrogens is 972 g/mol. The minimum Gasteiger partial charge on any atom is -0.269 e. The minimum atomic E-state index is -0.981. The highest BCUT2D eigenvalue weighted by molar-refractivity contribution is 6.56. The normalized spacial score (nSPS) is 23.4. The van der Waals surface area contributed by atoms with Crippen molar-refractivity contribution in [1.82, 2.24) is 19.6 Å². The summed E-state index contributed by atoms with van der Waals surface area (Å²) in [7, 11) is 0. The van der Waals surface area contributed by atoms with E-state index in [0.717, 1.165) is 19.6 Å². The van der Waals surface area contributed by atoms with Crippen LogP contribution < -0.4 is 0 Å². The molecule has 0 radical (unpaired) electrons. The quantitative estimate of drug-likeness (QED) is 0.111. The summed E-state index contributed by atoms with van der Waals surface area (Å²) in [5, 5.41) is -1.61. The summed E-state index contributed by atoms with van der Waals surface area (Å²) >= 11 is 50.7. The molecule has 0 bridgehead atoms. The van der Waals surface area contributed by atoms with Crippen molar-refractivity contribution in [3.8, 4) is 0 Å². The third-order valence-corrected chi connectivity index (χ3v) is 16.5. The molecular formula is C42H24Cl8N4O8. The lowest BCUT2D eigenvalue weighted by Gasteiger charge is -2.44. The fourth-order valence-corrected chi connectivity index (χ4v) is 12.3. The number of amides is 8. The summed E-state index contributed by atoms with van der Waals surface area (Å²) in [6.45, 7) is 0. The Bertz CT molecular complexity index is 2580. The number of nitrogens with zero attached hydrogens (tertiary/aromatic N) is 4. The molecule has 2 aliphatic carbocycles. The molecule has 4 aromatic carbocycles. The Kier molecular flexibility index (Phi) is 10.0. The standard InChI is InChI=1S/C42H24Cl8N4O8/c43-27-23-24(28(44)32(48)31(27)47)40(60)53(39(23)59)19-7-3-1-5-17(19)51-35(55)13-9-11-15-22-16(12-10-14(21(13)22)36(51)56)38(58)52(37(15)57)18-6-2-4-8-20(18)54-41(61)25-26(42(54)62)30(46)34(50)33(49)29(25)45/h9-12,17-20H,1-8H2/t17-,18-,19-,20-/m1/s1. The zero-order chi connectivity index (χ0) is 44.1. The van der Waals surface area contributed by atoms with Gasteiger partial charge in [0.1, 0.15) is 0 Å². The van der Waals surface area contributed by atoms with Gasteiger partial charge >= 0.3 is 0 Å². The molecule has 4 aromatic rings. The van der Waals surface area contributed by atoms with Gasteiger partial charge in [-0.1, -0.05) is 118 Å². The van der Waals surface area contributed by atoms with Gasteiger partial charge in [-0.25, -0.2) is 0 Å². The first kappa shape index (κ1) is 42.0. The topological polar surface area (TPSA) is 150 Å². The van der Waals surface area contributed by atoms with E-state index in [4.69, 9.17) is 92.8 Å². The molecule has 316 valence electrons. The van der Waals surface area contributed by atoms with Gasteiger partial charge in [0.15, 0.2) is 0 Å². The molecule has 6 aliphatic rings. The Morgan fingerprint density at radius 1 is 0.306 bits per heavy atom. The smallest absolute Gasteiger partial charge is 0.263 e. The Morgan fingerprint density at radius 2 is 0.500 bits per heavy atom. The van der Waals surface area contributed by atoms with Crippen LogP contribution in [0.1, 0.15) is 134 Å². The number of hydrogen-bond donors (Lipinski definition) is 0. The van der Waals surface area contributed by atoms with Gasteiger partial charge in [0.2, 0.25) is 0 Å². The monoisotopic (exact) mass is 992 g/mol. The number of hydrogen-bond acceptors (Lipinski definition) is 8. The Balaban J connectivity index is 1.00. The average Bonchev–Trinajstić information content (AvgIpc) is 3.68. The zero-order valence-electron chi connectivity index (χ0n) is 31.4. The summed E-state index contributed by atoms with van der Waals surface area (Å²) in [6.07, 6.45) is 3.22. The van der Waals surface area contributed by atoms with Gasteiger partial charge in [0.25, 0.3) is 47.3 Å². The molecule has 4 heterocycles. The third kappa shape index (κ3) is 5.47. The Labute approximate surface area is 390 Å². The second-order valence-corrected chi connectivity index (χ2v) is 18.9. The first-order valence-corrected chi connectivity index (χ1v) is 22.4. The molecule has 0 spiro atoms. The van der Waals surface area contributed by atoms with E-state index in [-0.39, 0.29) is 121 Å². The summed E-state index contributed by atoms with van der Waals surface area (Å²) in [5.74, 6) is -6.19. The highest BCUT2D eigenvalue weighted by atomic mass is 35.5. The van der Waals surface area contributed by atoms with Gasteiger partial charge in [-0.2, -0.15) is 0 Å². The molecule has 0 unspecified atom stereocenters. The summed E-state index contributed by atoms with van der Waals surface area (Å²) in [5.41, 5.74) is -0.797. The number of benzene rings is 4. The van der Waals surface area contributed by atoms with E-state index in [2.05, 4.69) is 0 Å². The van der Waals surface area contributed by atoms with Crippen molar-refractivity contribution in [3.63, 3.8) is 0 Å². The van der Waals surface area contributed by atoms with Crippen molar-refractivity contribution in [2.75, 3.05) is 0 Å². The summed E-state index contributed by atoms with van der Waals surface area (Å²) in [6, 6.07) is 1.70. The number of carbonyl (C=O) groups is 8. The highest BCUT2D eigenvalue weighted by Crippen LogP contribution is 2.49. The lowest BCUT2D eigenvalue weighted by molar-refractivity contribution is 0.0261. The lowest BCUT2D eigenvalue weighted by Crippen LogP contribution is -2.59. The average molecular weight is 996 g/mol. The Hall–Kier alpha value is -3.98. The lowest BCUT2D eigenvalue weighted by atomic mass is 9.81. The van der Waals surface area contributed by atoms with Gasteiger partial charge in [-0.05, 0) is 49.9 Å². The van der Waals surface area contributed by atoms with E-state index in [9.17, 15) is 38.4 Å². The first-order valence-electron chi connectivity index (χ1n) is 19.3. The van der Waals surface area contributed by atoms with Crippen molar-refractivity contribution < 1.29 is 38.4 Å². The van der Waals surface area contributed by atoms with E-state index >= 15 is 0 Å². The van der Waals surface area contributed by atoms with Crippen molar-refractivity contribution >= 4 is 151 Å². The van der Waals surface area contributed by atoms with Crippen LogP contribution in [0.25, 0.3) is 10.8 Å². The van der Waals surface area contributed by atoms with Crippen molar-refractivity contribution in [2.45, 2.75) is 75.5 Å². The van der Waals surface area contributed by atoms with Crippen molar-refractivity contribution in [3.05, 3.63) is 109 Å². The van der Waals surface area contributed by atoms with Crippen LogP contribution in [0.3, 0.4) is 0 Å². The van der Waals surface area contributed by atoms with E-state index in [0.29, 0.717) is 25.7 Å². The maximum Gasteiger partial charge on any atom is 0.263 e. The van der Waals surface area contributed by atoms with Gasteiger partial charge in [-0.15, -0.1) is 0 Å². The van der Waals surface area contributed by atoms with E-state index < -0.39 is 71.4 Å². The van der Waals surface area contributed by atoms with Gasteiger partial charge in [-0.3, -0.25) is 58.0 Å². The molecule has 12 nitrogen and oxygen atoms in total. The van der Waals surface area contributed by atoms with E-state index in [1.54, 1.807) is 0 Å². The van der Waals surface area contributed by atoms with Crippen LogP contribution in [0.2, 0.25) is 40.2 Å². The largest absolute Gasteiger partial charge is 0.269 e. The predicted octanol–water partition coefficient (Wildman–Crippen LogP) is 10.5. The summed E-state index contributed by atoms with van der Waals surface area (Å²) in [4.78, 5) is 119. The van der Waals surface area contributed by atoms with E-state index in [1.807, 2.05) is 0 Å². The van der Waals surface area contributed by atoms with Crippen LogP contribution in [0.15, 0.2) is 24.3 Å². The van der Waals surface area contributed by atoms with E-state index in [1.165, 1.54) is 24.3 Å². The molecule has 0 aromatic heterocycles. The van der Waals surface area contributed by atoms with Gasteiger partial charge in [0, 0.05) is 33.0 Å². The highest BCUT2D eigenvalue weighted by Gasteiger charge is 2.54. The second kappa shape index (κ2) is 14.8. The Morgan fingerprint density at radius 3 is 0.710 bits per heavy atom. The van der Waals surface area contributed by atoms with Crippen molar-refractivity contribution in [2.24, 2.45) is 0 Å².